The molecule has 0 radical (unpaired) electrons. The summed E-state index contributed by atoms with van der Waals surface area (Å²) in [5.41, 5.74) is 2.02. The number of amides is 1. The van der Waals surface area contributed by atoms with Gasteiger partial charge in [0.05, 0.1) is 5.56 Å². The van der Waals surface area contributed by atoms with Crippen molar-refractivity contribution in [1.29, 1.82) is 0 Å². The van der Waals surface area contributed by atoms with Crippen molar-refractivity contribution in [2.75, 3.05) is 39.3 Å². The van der Waals surface area contributed by atoms with Crippen molar-refractivity contribution in [3.05, 3.63) is 59.4 Å². The molecule has 0 unspecified atom stereocenters. The van der Waals surface area contributed by atoms with Gasteiger partial charge in [0.1, 0.15) is 11.5 Å². The van der Waals surface area contributed by atoms with Crippen LogP contribution in [0, 0.1) is 0 Å². The zero-order valence-corrected chi connectivity index (χ0v) is 23.4. The molecule has 1 aliphatic heterocycles. The largest absolute Gasteiger partial charge is 0.508 e. The first-order chi connectivity index (χ1) is 18.7. The first kappa shape index (κ1) is 28.6. The number of rotatable bonds is 11. The van der Waals surface area contributed by atoms with Gasteiger partial charge in [-0.2, -0.15) is 0 Å². The maximum atomic E-state index is 13.2. The van der Waals surface area contributed by atoms with Crippen LogP contribution in [0.1, 0.15) is 73.9 Å². The van der Waals surface area contributed by atoms with Crippen LogP contribution >= 0.6 is 0 Å². The summed E-state index contributed by atoms with van der Waals surface area (Å²) in [6, 6.07) is 9.14. The Morgan fingerprint density at radius 1 is 0.897 bits per heavy atom. The lowest BCUT2D eigenvalue weighted by atomic mass is 9.98. The Morgan fingerprint density at radius 2 is 1.62 bits per heavy atom. The van der Waals surface area contributed by atoms with Crippen LogP contribution < -0.4 is 5.32 Å². The van der Waals surface area contributed by atoms with Crippen molar-refractivity contribution in [1.82, 2.24) is 19.7 Å². The quantitative estimate of drug-likeness (QED) is 0.309. The van der Waals surface area contributed by atoms with Gasteiger partial charge in [-0.1, -0.05) is 39.3 Å². The van der Waals surface area contributed by atoms with E-state index in [-0.39, 0.29) is 34.8 Å². The highest BCUT2D eigenvalue weighted by Gasteiger charge is 2.20. The lowest BCUT2D eigenvalue weighted by Gasteiger charge is -2.34. The summed E-state index contributed by atoms with van der Waals surface area (Å²) >= 11 is 0. The minimum atomic E-state index is -0.325. The first-order valence-corrected chi connectivity index (χ1v) is 14.2. The number of benzene rings is 2. The van der Waals surface area contributed by atoms with Crippen molar-refractivity contribution in [3.8, 4) is 11.5 Å². The van der Waals surface area contributed by atoms with Crippen molar-refractivity contribution in [2.24, 2.45) is 0 Å². The molecule has 210 valence electrons. The smallest absolute Gasteiger partial charge is 0.265 e. The number of nitrogens with one attached hydrogen (secondary N) is 1. The lowest BCUT2D eigenvalue weighted by Crippen LogP contribution is -2.46. The standard InChI is InChI=1S/C31H42N4O4/c1-4-30(38)32-10-6-5-7-11-33-12-14-34(15-13-33)19-23-8-9-24-20-35(21-25(24)16-23)31(39)27-17-26(22(2)3)28(36)18-29(27)37/h8-9,16-18,20-22,36-37H,4-7,10-15,19H2,1-3H3,(H,32,38). The van der Waals surface area contributed by atoms with Crippen molar-refractivity contribution < 1.29 is 19.8 Å². The van der Waals surface area contributed by atoms with Crippen molar-refractivity contribution in [2.45, 2.75) is 58.9 Å². The molecule has 2 aromatic carbocycles. The predicted octanol–water partition coefficient (Wildman–Crippen LogP) is 4.68. The molecule has 39 heavy (non-hydrogen) atoms. The maximum Gasteiger partial charge on any atom is 0.265 e. The Kier molecular flexibility index (Phi) is 9.64. The second-order valence-corrected chi connectivity index (χ2v) is 10.9. The highest BCUT2D eigenvalue weighted by atomic mass is 16.3. The van der Waals surface area contributed by atoms with Gasteiger partial charge in [-0.15, -0.1) is 0 Å². The van der Waals surface area contributed by atoms with Gasteiger partial charge < -0.3 is 20.4 Å². The van der Waals surface area contributed by atoms with E-state index in [9.17, 15) is 19.8 Å². The minimum absolute atomic E-state index is 0.00344. The fourth-order valence-electron chi connectivity index (χ4n) is 5.19. The molecular weight excluding hydrogens is 492 g/mol. The molecule has 3 N–H and O–H groups in total. The molecule has 2 heterocycles. The Hall–Kier alpha value is -3.36. The number of aromatic hydroxyl groups is 2. The number of carbonyl (C=O) groups is 2. The Labute approximate surface area is 231 Å². The number of phenols is 2. The van der Waals surface area contributed by atoms with Gasteiger partial charge in [-0.25, -0.2) is 0 Å². The fraction of sp³-hybridized carbons (Fsp3) is 0.484. The molecule has 1 amide bonds. The van der Waals surface area contributed by atoms with E-state index < -0.39 is 0 Å². The SMILES string of the molecule is CCC(=O)NCCCCCN1CCN(Cc2ccc3cn(C(=O)c4cc(C(C)C)c(O)cc4O)cc3c2)CC1. The predicted molar refractivity (Wildman–Crippen MR) is 154 cm³/mol. The zero-order chi connectivity index (χ0) is 27.9. The molecule has 1 fully saturated rings. The summed E-state index contributed by atoms with van der Waals surface area (Å²) in [5.74, 6) is -0.396. The van der Waals surface area contributed by atoms with Gasteiger partial charge in [0.15, 0.2) is 0 Å². The van der Waals surface area contributed by atoms with Crippen LogP contribution in [0.3, 0.4) is 0 Å². The second-order valence-electron chi connectivity index (χ2n) is 10.9. The van der Waals surface area contributed by atoms with E-state index in [1.165, 1.54) is 16.2 Å². The summed E-state index contributed by atoms with van der Waals surface area (Å²) in [5, 5.41) is 25.4. The van der Waals surface area contributed by atoms with Gasteiger partial charge in [0.2, 0.25) is 5.91 Å². The molecule has 0 bridgehead atoms. The number of aromatic nitrogens is 1. The Morgan fingerprint density at radius 3 is 2.33 bits per heavy atom. The number of piperazine rings is 1. The summed E-state index contributed by atoms with van der Waals surface area (Å²) in [6.07, 6.45) is 7.49. The molecule has 0 saturated carbocycles. The number of fused-ring (bicyclic) bond motifs is 1. The third-order valence-electron chi connectivity index (χ3n) is 7.60. The monoisotopic (exact) mass is 534 g/mol. The molecule has 0 atom stereocenters. The number of unbranched alkanes of at least 4 members (excludes halogenated alkanes) is 2. The van der Waals surface area contributed by atoms with E-state index in [1.807, 2.05) is 33.0 Å². The number of hydrogen-bond acceptors (Lipinski definition) is 6. The maximum absolute atomic E-state index is 13.2. The molecule has 8 nitrogen and oxygen atoms in total. The van der Waals surface area contributed by atoms with Crippen molar-refractivity contribution >= 4 is 22.6 Å². The third-order valence-corrected chi connectivity index (χ3v) is 7.60. The molecule has 1 aliphatic rings. The molecule has 4 rings (SSSR count). The number of carbonyl (C=O) groups excluding carboxylic acids is 2. The van der Waals surface area contributed by atoms with E-state index in [0.29, 0.717) is 12.0 Å². The summed E-state index contributed by atoms with van der Waals surface area (Å²) < 4.78 is 1.52. The average molecular weight is 535 g/mol. The average Bonchev–Trinajstić information content (AvgIpc) is 3.34. The lowest BCUT2D eigenvalue weighted by molar-refractivity contribution is -0.120. The topological polar surface area (TPSA) is 98.0 Å². The minimum Gasteiger partial charge on any atom is -0.508 e. The highest BCUT2D eigenvalue weighted by molar-refractivity contribution is 6.01. The number of hydrogen-bond donors (Lipinski definition) is 3. The van der Waals surface area contributed by atoms with Gasteiger partial charge in [0.25, 0.3) is 5.91 Å². The molecule has 0 spiro atoms. The Balaban J connectivity index is 1.29. The van der Waals surface area contributed by atoms with Crippen LogP contribution in [0.25, 0.3) is 10.8 Å². The molecule has 0 aliphatic carbocycles. The fourth-order valence-corrected chi connectivity index (χ4v) is 5.19. The van der Waals surface area contributed by atoms with Gasteiger partial charge in [-0.3, -0.25) is 19.1 Å². The van der Waals surface area contributed by atoms with Gasteiger partial charge in [0, 0.05) is 69.5 Å². The van der Waals surface area contributed by atoms with E-state index in [4.69, 9.17) is 0 Å². The molecule has 1 aromatic heterocycles. The van der Waals surface area contributed by atoms with Crippen molar-refractivity contribution in [3.63, 3.8) is 0 Å². The van der Waals surface area contributed by atoms with Crippen LogP contribution in [0.5, 0.6) is 11.5 Å². The van der Waals surface area contributed by atoms with Crippen LogP contribution in [0.4, 0.5) is 0 Å². The number of phenolic OH excluding ortho intramolecular Hbond substituents is 2. The van der Waals surface area contributed by atoms with Gasteiger partial charge in [-0.05, 0) is 54.0 Å². The summed E-state index contributed by atoms with van der Waals surface area (Å²) in [4.78, 5) is 29.5. The molecule has 8 heteroatoms. The zero-order valence-electron chi connectivity index (χ0n) is 23.4. The summed E-state index contributed by atoms with van der Waals surface area (Å²) in [6.45, 7) is 12.7. The van der Waals surface area contributed by atoms with Crippen LogP contribution in [0.15, 0.2) is 42.7 Å². The second kappa shape index (κ2) is 13.1. The normalized spacial score (nSPS) is 14.8. The van der Waals surface area contributed by atoms with E-state index in [1.54, 1.807) is 12.3 Å². The third kappa shape index (κ3) is 7.40. The van der Waals surface area contributed by atoms with E-state index >= 15 is 0 Å². The van der Waals surface area contributed by atoms with Crippen LogP contribution in [-0.4, -0.2) is 75.7 Å². The Bertz CT molecular complexity index is 1290. The number of nitrogens with zero attached hydrogens (tertiary/aromatic N) is 3. The molecular formula is C31H42N4O4. The van der Waals surface area contributed by atoms with E-state index in [2.05, 4.69) is 27.2 Å². The van der Waals surface area contributed by atoms with Gasteiger partial charge >= 0.3 is 0 Å². The molecule has 3 aromatic rings. The summed E-state index contributed by atoms with van der Waals surface area (Å²) in [7, 11) is 0. The first-order valence-electron chi connectivity index (χ1n) is 14.2. The van der Waals surface area contributed by atoms with Crippen LogP contribution in [-0.2, 0) is 11.3 Å². The van der Waals surface area contributed by atoms with Crippen LogP contribution in [0.2, 0.25) is 0 Å². The highest BCUT2D eigenvalue weighted by Crippen LogP contribution is 2.33. The molecule has 1 saturated heterocycles. The van der Waals surface area contributed by atoms with E-state index in [0.717, 1.165) is 75.8 Å².